The summed E-state index contributed by atoms with van der Waals surface area (Å²) in [6.07, 6.45) is 5.53. The van der Waals surface area contributed by atoms with Gasteiger partial charge in [-0.15, -0.1) is 0 Å². The highest BCUT2D eigenvalue weighted by Gasteiger charge is 2.48. The summed E-state index contributed by atoms with van der Waals surface area (Å²) in [6, 6.07) is 5.76. The van der Waals surface area contributed by atoms with Crippen molar-refractivity contribution in [3.63, 3.8) is 0 Å². The monoisotopic (exact) mass is 260 g/mol. The van der Waals surface area contributed by atoms with E-state index < -0.39 is 0 Å². The molecule has 1 aromatic carbocycles. The van der Waals surface area contributed by atoms with Crippen LogP contribution < -0.4 is 0 Å². The molecule has 0 radical (unpaired) electrons. The zero-order valence-corrected chi connectivity index (χ0v) is 11.9. The van der Waals surface area contributed by atoms with Crippen molar-refractivity contribution in [1.82, 2.24) is 0 Å². The van der Waals surface area contributed by atoms with Crippen molar-refractivity contribution in [3.05, 3.63) is 29.3 Å². The molecule has 0 unspecified atom stereocenters. The van der Waals surface area contributed by atoms with Crippen LogP contribution in [0.3, 0.4) is 0 Å². The summed E-state index contributed by atoms with van der Waals surface area (Å²) in [5.41, 5.74) is 2.75. The van der Waals surface area contributed by atoms with Gasteiger partial charge in [-0.1, -0.05) is 13.0 Å². The van der Waals surface area contributed by atoms with E-state index >= 15 is 0 Å². The number of aliphatic hydroxyl groups is 1. The van der Waals surface area contributed by atoms with Crippen LogP contribution in [0.25, 0.3) is 0 Å². The van der Waals surface area contributed by atoms with Gasteiger partial charge in [0.25, 0.3) is 0 Å². The molecule has 0 spiro atoms. The third-order valence-corrected chi connectivity index (χ3v) is 5.78. The summed E-state index contributed by atoms with van der Waals surface area (Å²) >= 11 is 0. The van der Waals surface area contributed by atoms with Crippen LogP contribution in [-0.4, -0.2) is 16.3 Å². The van der Waals surface area contributed by atoms with Crippen molar-refractivity contribution >= 4 is 0 Å². The van der Waals surface area contributed by atoms with Crippen molar-refractivity contribution in [1.29, 1.82) is 0 Å². The molecule has 104 valence electrons. The third-order valence-electron chi connectivity index (χ3n) is 5.78. The Kier molecular flexibility index (Phi) is 3.09. The standard InChI is InChI=1S/C17H24O2/c1-11-9-14(18)4-5-15(11)12-7-8-17(2)13(10-12)3-6-16(17)19/h4-5,9,12-13,16,18-19H,3,6-8,10H2,1-2H3/t12-,13+,16+,17+/m1/s1. The second-order valence-electron chi connectivity index (χ2n) is 6.81. The van der Waals surface area contributed by atoms with Crippen LogP contribution >= 0.6 is 0 Å². The second-order valence-corrected chi connectivity index (χ2v) is 6.81. The van der Waals surface area contributed by atoms with Gasteiger partial charge in [0, 0.05) is 0 Å². The highest BCUT2D eigenvalue weighted by atomic mass is 16.3. The Hall–Kier alpha value is -1.02. The first-order valence-corrected chi connectivity index (χ1v) is 7.48. The SMILES string of the molecule is Cc1cc(O)ccc1[C@@H]1CC[C@@]2(C)[C@@H](CC[C@@H]2O)C1. The minimum Gasteiger partial charge on any atom is -0.508 e. The van der Waals surface area contributed by atoms with Crippen molar-refractivity contribution < 1.29 is 10.2 Å². The number of rotatable bonds is 1. The summed E-state index contributed by atoms with van der Waals surface area (Å²) < 4.78 is 0. The van der Waals surface area contributed by atoms with E-state index in [4.69, 9.17) is 0 Å². The number of hydrogen-bond acceptors (Lipinski definition) is 2. The number of benzene rings is 1. The fourth-order valence-electron chi connectivity index (χ4n) is 4.40. The molecule has 0 aromatic heterocycles. The molecule has 0 saturated heterocycles. The molecule has 2 nitrogen and oxygen atoms in total. The quantitative estimate of drug-likeness (QED) is 0.807. The number of phenolic OH excluding ortho intramolecular Hbond substituents is 1. The second kappa shape index (κ2) is 4.52. The third kappa shape index (κ3) is 2.06. The van der Waals surface area contributed by atoms with Crippen LogP contribution in [0.15, 0.2) is 18.2 Å². The molecule has 2 N–H and O–H groups in total. The van der Waals surface area contributed by atoms with Crippen molar-refractivity contribution in [3.8, 4) is 5.75 Å². The Labute approximate surface area is 115 Å². The average Bonchev–Trinajstić information content (AvgIpc) is 2.66. The van der Waals surface area contributed by atoms with Gasteiger partial charge in [0.05, 0.1) is 6.10 Å². The van der Waals surface area contributed by atoms with Crippen LogP contribution in [0, 0.1) is 18.3 Å². The van der Waals surface area contributed by atoms with Gasteiger partial charge in [0.15, 0.2) is 0 Å². The molecule has 19 heavy (non-hydrogen) atoms. The predicted molar refractivity (Wildman–Crippen MR) is 76.3 cm³/mol. The normalized spacial score (nSPS) is 38.2. The largest absolute Gasteiger partial charge is 0.508 e. The molecule has 0 heterocycles. The van der Waals surface area contributed by atoms with Crippen LogP contribution in [0.5, 0.6) is 5.75 Å². The molecule has 4 atom stereocenters. The van der Waals surface area contributed by atoms with Gasteiger partial charge >= 0.3 is 0 Å². The van der Waals surface area contributed by atoms with E-state index in [9.17, 15) is 10.2 Å². The maximum Gasteiger partial charge on any atom is 0.115 e. The molecule has 2 fully saturated rings. The number of aliphatic hydroxyl groups excluding tert-OH is 1. The zero-order valence-electron chi connectivity index (χ0n) is 11.9. The topological polar surface area (TPSA) is 40.5 Å². The van der Waals surface area contributed by atoms with Crippen molar-refractivity contribution in [2.45, 2.75) is 58.0 Å². The molecule has 0 bridgehead atoms. The summed E-state index contributed by atoms with van der Waals surface area (Å²) in [7, 11) is 0. The molecule has 1 aromatic rings. The van der Waals surface area contributed by atoms with Gasteiger partial charge in [0.2, 0.25) is 0 Å². The van der Waals surface area contributed by atoms with Gasteiger partial charge in [-0.25, -0.2) is 0 Å². The molecular weight excluding hydrogens is 236 g/mol. The van der Waals surface area contributed by atoms with E-state index in [-0.39, 0.29) is 11.5 Å². The fourth-order valence-corrected chi connectivity index (χ4v) is 4.40. The molecule has 2 saturated carbocycles. The minimum absolute atomic E-state index is 0.0978. The van der Waals surface area contributed by atoms with Crippen molar-refractivity contribution in [2.75, 3.05) is 0 Å². The van der Waals surface area contributed by atoms with E-state index in [0.29, 0.717) is 17.6 Å². The number of phenols is 1. The Morgan fingerprint density at radius 1 is 1.21 bits per heavy atom. The number of hydrogen-bond donors (Lipinski definition) is 2. The van der Waals surface area contributed by atoms with Gasteiger partial charge in [-0.05, 0) is 79.5 Å². The van der Waals surface area contributed by atoms with Gasteiger partial charge in [0.1, 0.15) is 5.75 Å². The van der Waals surface area contributed by atoms with E-state index in [1.54, 1.807) is 6.07 Å². The summed E-state index contributed by atoms with van der Waals surface area (Å²) in [5.74, 6) is 1.62. The number of fused-ring (bicyclic) bond motifs is 1. The molecule has 3 rings (SSSR count). The average molecular weight is 260 g/mol. The highest BCUT2D eigenvalue weighted by Crippen LogP contribution is 2.55. The van der Waals surface area contributed by atoms with Gasteiger partial charge < -0.3 is 10.2 Å². The van der Waals surface area contributed by atoms with Crippen LogP contribution in [0.4, 0.5) is 0 Å². The molecule has 0 amide bonds. The maximum atomic E-state index is 10.2. The summed E-state index contributed by atoms with van der Waals surface area (Å²) in [4.78, 5) is 0. The molecule has 2 aliphatic rings. The van der Waals surface area contributed by atoms with Crippen LogP contribution in [-0.2, 0) is 0 Å². The lowest BCUT2D eigenvalue weighted by Gasteiger charge is -2.42. The zero-order chi connectivity index (χ0) is 13.6. The first kappa shape index (κ1) is 13.0. The molecule has 2 heteroatoms. The smallest absolute Gasteiger partial charge is 0.115 e. The predicted octanol–water partition coefficient (Wildman–Crippen LogP) is 3.75. The molecule has 0 aliphatic heterocycles. The first-order chi connectivity index (χ1) is 9.00. The van der Waals surface area contributed by atoms with Crippen molar-refractivity contribution in [2.24, 2.45) is 11.3 Å². The maximum absolute atomic E-state index is 10.2. The Morgan fingerprint density at radius 2 is 2.00 bits per heavy atom. The van der Waals surface area contributed by atoms with Crippen LogP contribution in [0.1, 0.15) is 56.1 Å². The lowest BCUT2D eigenvalue weighted by molar-refractivity contribution is 0.00867. The van der Waals surface area contributed by atoms with Gasteiger partial charge in [-0.2, -0.15) is 0 Å². The lowest BCUT2D eigenvalue weighted by atomic mass is 9.64. The lowest BCUT2D eigenvalue weighted by Crippen LogP contribution is -2.37. The first-order valence-electron chi connectivity index (χ1n) is 7.48. The van der Waals surface area contributed by atoms with E-state index in [1.807, 2.05) is 6.07 Å². The Bertz CT molecular complexity index is 482. The number of aromatic hydroxyl groups is 1. The molecular formula is C17H24O2. The van der Waals surface area contributed by atoms with E-state index in [1.165, 1.54) is 24.0 Å². The fraction of sp³-hybridized carbons (Fsp3) is 0.647. The van der Waals surface area contributed by atoms with E-state index in [2.05, 4.69) is 19.9 Å². The van der Waals surface area contributed by atoms with Crippen LogP contribution in [0.2, 0.25) is 0 Å². The van der Waals surface area contributed by atoms with E-state index in [0.717, 1.165) is 19.3 Å². The summed E-state index contributed by atoms with van der Waals surface area (Å²) in [6.45, 7) is 4.36. The van der Waals surface area contributed by atoms with Gasteiger partial charge in [-0.3, -0.25) is 0 Å². The molecule has 2 aliphatic carbocycles. The Morgan fingerprint density at radius 3 is 2.74 bits per heavy atom. The Balaban J connectivity index is 1.82. The minimum atomic E-state index is -0.0978. The highest BCUT2D eigenvalue weighted by molar-refractivity contribution is 5.36. The number of aryl methyl sites for hydroxylation is 1. The summed E-state index contributed by atoms with van der Waals surface area (Å²) in [5, 5.41) is 19.7.